The Morgan fingerprint density at radius 2 is 1.95 bits per heavy atom. The van der Waals surface area contributed by atoms with Gasteiger partial charge in [0.15, 0.2) is 17.0 Å². The molecule has 0 bridgehead atoms. The van der Waals surface area contributed by atoms with E-state index in [2.05, 4.69) is 26.3 Å². The first-order chi connectivity index (χ1) is 19.6. The smallest absolute Gasteiger partial charge is 0.351 e. The number of nitrogens with one attached hydrogen (secondary N) is 1. The van der Waals surface area contributed by atoms with E-state index in [0.29, 0.717) is 23.7 Å². The molecule has 6 heterocycles. The molecule has 3 N–H and O–H groups in total. The number of hydrogen-bond donors (Lipinski definition) is 3. The Kier molecular flexibility index (Phi) is 6.38. The number of anilines is 3. The summed E-state index contributed by atoms with van der Waals surface area (Å²) >= 11 is 1.64. The lowest BCUT2D eigenvalue weighted by Crippen LogP contribution is -2.28. The third-order valence-corrected chi connectivity index (χ3v) is 8.28. The highest BCUT2D eigenvalue weighted by atomic mass is 32.1. The number of benzene rings is 1. The van der Waals surface area contributed by atoms with E-state index in [1.54, 1.807) is 29.9 Å². The van der Waals surface area contributed by atoms with Gasteiger partial charge in [0.2, 0.25) is 5.95 Å². The van der Waals surface area contributed by atoms with Crippen molar-refractivity contribution in [2.75, 3.05) is 29.9 Å². The SMILES string of the molecule is O=c1nc(Nc2nc(N3CCCC3)c3ncn(Cc4nc5ccccc5s4)c3n2)ccn1[C@H]1C[C@H](O)[C@@H](CO)O1. The number of aliphatic hydroxyl groups is 2. The van der Waals surface area contributed by atoms with Crippen LogP contribution < -0.4 is 15.9 Å². The van der Waals surface area contributed by atoms with Crippen LogP contribution in [0, 0.1) is 0 Å². The van der Waals surface area contributed by atoms with Gasteiger partial charge < -0.3 is 29.7 Å². The Bertz CT molecular complexity index is 1710. The van der Waals surface area contributed by atoms with Crippen LogP contribution in [0.3, 0.4) is 0 Å². The summed E-state index contributed by atoms with van der Waals surface area (Å²) in [7, 11) is 0. The molecule has 0 spiro atoms. The van der Waals surface area contributed by atoms with Crippen LogP contribution in [-0.2, 0) is 11.3 Å². The first-order valence-electron chi connectivity index (χ1n) is 13.2. The van der Waals surface area contributed by atoms with Gasteiger partial charge >= 0.3 is 5.69 Å². The molecule has 40 heavy (non-hydrogen) atoms. The topological polar surface area (TPSA) is 156 Å². The van der Waals surface area contributed by atoms with Gasteiger partial charge in [-0.3, -0.25) is 4.57 Å². The Hall–Kier alpha value is -3.98. The molecule has 206 valence electrons. The second-order valence-corrected chi connectivity index (χ2v) is 11.0. The lowest BCUT2D eigenvalue weighted by atomic mass is 10.2. The Morgan fingerprint density at radius 1 is 1.10 bits per heavy atom. The van der Waals surface area contributed by atoms with Crippen molar-refractivity contribution in [3.8, 4) is 0 Å². The summed E-state index contributed by atoms with van der Waals surface area (Å²) in [6, 6.07) is 9.68. The maximum absolute atomic E-state index is 12.8. The third-order valence-electron chi connectivity index (χ3n) is 7.26. The van der Waals surface area contributed by atoms with Gasteiger partial charge in [0.05, 0.1) is 35.8 Å². The van der Waals surface area contributed by atoms with Gasteiger partial charge in [-0.1, -0.05) is 12.1 Å². The van der Waals surface area contributed by atoms with Crippen LogP contribution in [-0.4, -0.2) is 76.2 Å². The van der Waals surface area contributed by atoms with Gasteiger partial charge in [0.25, 0.3) is 0 Å². The van der Waals surface area contributed by atoms with Crippen LogP contribution >= 0.6 is 11.3 Å². The molecule has 1 aromatic carbocycles. The van der Waals surface area contributed by atoms with Gasteiger partial charge in [-0.15, -0.1) is 11.3 Å². The molecule has 3 atom stereocenters. The van der Waals surface area contributed by atoms with Crippen molar-refractivity contribution in [3.05, 3.63) is 58.3 Å². The molecule has 2 saturated heterocycles. The molecule has 2 aliphatic rings. The van der Waals surface area contributed by atoms with Crippen LogP contribution in [0.4, 0.5) is 17.6 Å². The standard InChI is InChI=1S/C26H27N9O4S/c36-13-17-16(37)11-21(39-17)35-10-7-19(30-26(35)38)29-25-31-23(33-8-3-4-9-33)22-24(32-25)34(14-27-22)12-20-28-15-5-1-2-6-18(15)40-20/h1-2,5-7,10,14,16-17,21,36-37H,3-4,8-9,11-13H2,(H,29,30,31,32,38)/t16-,17+,21+/m0/s1. The fourth-order valence-corrected chi connectivity index (χ4v) is 6.22. The van der Waals surface area contributed by atoms with Crippen molar-refractivity contribution in [2.45, 2.75) is 44.2 Å². The van der Waals surface area contributed by atoms with E-state index in [1.165, 1.54) is 4.57 Å². The number of rotatable bonds is 7. The zero-order valence-electron chi connectivity index (χ0n) is 21.4. The van der Waals surface area contributed by atoms with Crippen molar-refractivity contribution in [2.24, 2.45) is 0 Å². The summed E-state index contributed by atoms with van der Waals surface area (Å²) in [5, 5.41) is 23.4. The number of fused-ring (bicyclic) bond motifs is 2. The number of ether oxygens (including phenoxy) is 1. The molecule has 0 radical (unpaired) electrons. The first kappa shape index (κ1) is 25.0. The summed E-state index contributed by atoms with van der Waals surface area (Å²) in [6.07, 6.45) is 3.38. The molecule has 7 rings (SSSR count). The summed E-state index contributed by atoms with van der Waals surface area (Å²) < 4.78 is 9.99. The third kappa shape index (κ3) is 4.58. The fraction of sp³-hybridized carbons (Fsp3) is 0.385. The highest BCUT2D eigenvalue weighted by molar-refractivity contribution is 7.18. The van der Waals surface area contributed by atoms with E-state index in [1.807, 2.05) is 22.8 Å². The van der Waals surface area contributed by atoms with E-state index in [-0.39, 0.29) is 18.8 Å². The molecule has 0 amide bonds. The van der Waals surface area contributed by atoms with E-state index >= 15 is 0 Å². The number of thiazole rings is 1. The normalized spacial score (nSPS) is 21.1. The van der Waals surface area contributed by atoms with Crippen LogP contribution in [0.1, 0.15) is 30.5 Å². The lowest BCUT2D eigenvalue weighted by Gasteiger charge is -2.18. The van der Waals surface area contributed by atoms with Crippen molar-refractivity contribution < 1.29 is 14.9 Å². The molecule has 4 aromatic heterocycles. The molecule has 0 saturated carbocycles. The zero-order valence-corrected chi connectivity index (χ0v) is 22.2. The van der Waals surface area contributed by atoms with Crippen molar-refractivity contribution in [3.63, 3.8) is 0 Å². The second-order valence-electron chi connectivity index (χ2n) is 9.93. The summed E-state index contributed by atoms with van der Waals surface area (Å²) in [6.45, 7) is 1.95. The van der Waals surface area contributed by atoms with Crippen LogP contribution in [0.5, 0.6) is 0 Å². The molecular formula is C26H27N9O4S. The maximum Gasteiger partial charge on any atom is 0.351 e. The summed E-state index contributed by atoms with van der Waals surface area (Å²) in [5.41, 5.74) is 1.79. The Labute approximate surface area is 231 Å². The summed E-state index contributed by atoms with van der Waals surface area (Å²) in [5.74, 6) is 1.32. The molecule has 0 aliphatic carbocycles. The number of imidazole rings is 1. The Morgan fingerprint density at radius 3 is 2.73 bits per heavy atom. The van der Waals surface area contributed by atoms with Crippen LogP contribution in [0.25, 0.3) is 21.4 Å². The minimum atomic E-state index is -0.851. The second kappa shape index (κ2) is 10.2. The zero-order chi connectivity index (χ0) is 27.2. The van der Waals surface area contributed by atoms with Crippen molar-refractivity contribution >= 4 is 50.3 Å². The van der Waals surface area contributed by atoms with Crippen LogP contribution in [0.15, 0.2) is 47.7 Å². The monoisotopic (exact) mass is 561 g/mol. The minimum Gasteiger partial charge on any atom is -0.394 e. The van der Waals surface area contributed by atoms with Crippen LogP contribution in [0.2, 0.25) is 0 Å². The average Bonchev–Trinajstić information content (AvgIpc) is 3.75. The minimum absolute atomic E-state index is 0.192. The molecule has 0 unspecified atom stereocenters. The largest absolute Gasteiger partial charge is 0.394 e. The first-order valence-corrected chi connectivity index (χ1v) is 14.0. The average molecular weight is 562 g/mol. The van der Waals surface area contributed by atoms with Crippen molar-refractivity contribution in [1.82, 2.24) is 34.1 Å². The van der Waals surface area contributed by atoms with Gasteiger partial charge in [0.1, 0.15) is 23.2 Å². The highest BCUT2D eigenvalue weighted by Crippen LogP contribution is 2.30. The van der Waals surface area contributed by atoms with E-state index < -0.39 is 24.1 Å². The van der Waals surface area contributed by atoms with Gasteiger partial charge in [-0.05, 0) is 31.0 Å². The predicted octanol–water partition coefficient (Wildman–Crippen LogP) is 2.03. The van der Waals surface area contributed by atoms with Gasteiger partial charge in [0, 0.05) is 25.7 Å². The molecule has 13 nitrogen and oxygen atoms in total. The quantitative estimate of drug-likeness (QED) is 0.267. The molecule has 5 aromatic rings. The van der Waals surface area contributed by atoms with Gasteiger partial charge in [-0.2, -0.15) is 15.0 Å². The molecule has 14 heteroatoms. The lowest BCUT2D eigenvalue weighted by molar-refractivity contribution is -0.0458. The molecule has 2 fully saturated rings. The number of hydrogen-bond acceptors (Lipinski definition) is 12. The molecular weight excluding hydrogens is 534 g/mol. The predicted molar refractivity (Wildman–Crippen MR) is 149 cm³/mol. The number of aromatic nitrogens is 7. The fourth-order valence-electron chi connectivity index (χ4n) is 5.25. The number of aliphatic hydroxyl groups excluding tert-OH is 2. The van der Waals surface area contributed by atoms with E-state index in [9.17, 15) is 15.0 Å². The van der Waals surface area contributed by atoms with Gasteiger partial charge in [-0.25, -0.2) is 14.8 Å². The number of para-hydroxylation sites is 1. The Balaban J connectivity index is 1.21. The highest BCUT2D eigenvalue weighted by Gasteiger charge is 2.35. The van der Waals surface area contributed by atoms with E-state index in [4.69, 9.17) is 19.7 Å². The maximum atomic E-state index is 12.8. The van der Waals surface area contributed by atoms with Crippen molar-refractivity contribution in [1.29, 1.82) is 0 Å². The number of nitrogens with zero attached hydrogens (tertiary/aromatic N) is 8. The van der Waals surface area contributed by atoms with E-state index in [0.717, 1.165) is 47.0 Å². The summed E-state index contributed by atoms with van der Waals surface area (Å²) in [4.78, 5) is 38.1. The molecule has 2 aliphatic heterocycles.